The quantitative estimate of drug-likeness (QED) is 0.940. The molecule has 1 amide bonds. The molecule has 1 fully saturated rings. The summed E-state index contributed by atoms with van der Waals surface area (Å²) >= 11 is 0. The van der Waals surface area contributed by atoms with Crippen molar-refractivity contribution >= 4 is 11.9 Å². The summed E-state index contributed by atoms with van der Waals surface area (Å²) in [5.74, 6) is -1.26. The molecular weight excluding hydrogens is 284 g/mol. The average molecular weight is 300 g/mol. The fourth-order valence-corrected chi connectivity index (χ4v) is 2.61. The molecule has 1 aromatic carbocycles. The number of oxazole rings is 1. The number of aliphatic carboxylic acids is 1. The molecule has 1 aliphatic rings. The van der Waals surface area contributed by atoms with Crippen molar-refractivity contribution in [2.75, 3.05) is 13.1 Å². The van der Waals surface area contributed by atoms with Gasteiger partial charge in [-0.05, 0) is 25.0 Å². The number of hydrogen-bond donors (Lipinski definition) is 1. The van der Waals surface area contributed by atoms with Crippen LogP contribution in [-0.2, 0) is 4.79 Å². The molecule has 1 aromatic heterocycles. The Morgan fingerprint density at radius 2 is 2.05 bits per heavy atom. The van der Waals surface area contributed by atoms with Gasteiger partial charge in [0.05, 0.1) is 5.92 Å². The summed E-state index contributed by atoms with van der Waals surface area (Å²) < 4.78 is 5.36. The van der Waals surface area contributed by atoms with Gasteiger partial charge in [-0.3, -0.25) is 9.59 Å². The number of benzene rings is 1. The van der Waals surface area contributed by atoms with Gasteiger partial charge < -0.3 is 14.4 Å². The Kier molecular flexibility index (Phi) is 3.91. The Hall–Kier alpha value is -2.63. The molecule has 1 atom stereocenters. The highest BCUT2D eigenvalue weighted by Crippen LogP contribution is 2.21. The Morgan fingerprint density at radius 3 is 2.77 bits per heavy atom. The summed E-state index contributed by atoms with van der Waals surface area (Å²) in [5.41, 5.74) is 1.01. The van der Waals surface area contributed by atoms with E-state index in [4.69, 9.17) is 9.52 Å². The van der Waals surface area contributed by atoms with Crippen LogP contribution in [0.1, 0.15) is 23.3 Å². The molecule has 3 rings (SSSR count). The maximum atomic E-state index is 12.4. The molecule has 114 valence electrons. The second kappa shape index (κ2) is 6.01. The predicted octanol–water partition coefficient (Wildman–Crippen LogP) is 2.28. The second-order valence-electron chi connectivity index (χ2n) is 5.33. The number of hydrogen-bond acceptors (Lipinski definition) is 4. The van der Waals surface area contributed by atoms with E-state index in [1.54, 1.807) is 0 Å². The molecule has 0 aliphatic carbocycles. The topological polar surface area (TPSA) is 83.6 Å². The molecule has 0 unspecified atom stereocenters. The van der Waals surface area contributed by atoms with Crippen LogP contribution >= 0.6 is 0 Å². The minimum atomic E-state index is -0.859. The third kappa shape index (κ3) is 2.86. The van der Waals surface area contributed by atoms with Gasteiger partial charge in [-0.25, -0.2) is 4.98 Å². The smallest absolute Gasteiger partial charge is 0.308 e. The normalized spacial score (nSPS) is 18.2. The van der Waals surface area contributed by atoms with E-state index in [9.17, 15) is 9.59 Å². The first-order valence-corrected chi connectivity index (χ1v) is 7.18. The number of carbonyl (C=O) groups excluding carboxylic acids is 1. The highest BCUT2D eigenvalue weighted by molar-refractivity contribution is 5.92. The van der Waals surface area contributed by atoms with Gasteiger partial charge in [-0.1, -0.05) is 18.2 Å². The lowest BCUT2D eigenvalue weighted by atomic mass is 9.98. The monoisotopic (exact) mass is 300 g/mol. The first kappa shape index (κ1) is 14.3. The molecule has 6 nitrogen and oxygen atoms in total. The van der Waals surface area contributed by atoms with Crippen LogP contribution in [0.2, 0.25) is 0 Å². The number of carboxylic acid groups (broad SMARTS) is 1. The van der Waals surface area contributed by atoms with E-state index in [-0.39, 0.29) is 18.1 Å². The number of piperidine rings is 1. The van der Waals surface area contributed by atoms with Crippen molar-refractivity contribution in [1.29, 1.82) is 0 Å². The van der Waals surface area contributed by atoms with E-state index < -0.39 is 11.9 Å². The first-order valence-electron chi connectivity index (χ1n) is 7.18. The highest BCUT2D eigenvalue weighted by atomic mass is 16.4. The minimum absolute atomic E-state index is 0.213. The number of carboxylic acids is 1. The lowest BCUT2D eigenvalue weighted by Gasteiger charge is -2.29. The Labute approximate surface area is 127 Å². The Morgan fingerprint density at radius 1 is 1.27 bits per heavy atom. The van der Waals surface area contributed by atoms with Gasteiger partial charge in [0.15, 0.2) is 5.69 Å². The Bertz CT molecular complexity index is 680. The molecule has 2 heterocycles. The maximum Gasteiger partial charge on any atom is 0.308 e. The van der Waals surface area contributed by atoms with Gasteiger partial charge in [0.25, 0.3) is 5.91 Å². The number of aromatic nitrogens is 1. The molecular formula is C16H16N2O4. The van der Waals surface area contributed by atoms with E-state index >= 15 is 0 Å². The number of carbonyl (C=O) groups is 2. The SMILES string of the molecule is O=C(O)[C@@H]1CCCN(C(=O)c2coc(-c3ccccc3)n2)C1. The lowest BCUT2D eigenvalue weighted by Crippen LogP contribution is -2.42. The average Bonchev–Trinajstić information content (AvgIpc) is 3.05. The number of amides is 1. The van der Waals surface area contributed by atoms with Crippen molar-refractivity contribution in [2.24, 2.45) is 5.92 Å². The largest absolute Gasteiger partial charge is 0.481 e. The van der Waals surface area contributed by atoms with Crippen LogP contribution in [0.4, 0.5) is 0 Å². The van der Waals surface area contributed by atoms with Crippen LogP contribution in [0.5, 0.6) is 0 Å². The molecule has 0 spiro atoms. The zero-order valence-corrected chi connectivity index (χ0v) is 11.9. The van der Waals surface area contributed by atoms with E-state index in [0.29, 0.717) is 25.3 Å². The second-order valence-corrected chi connectivity index (χ2v) is 5.33. The van der Waals surface area contributed by atoms with Crippen LogP contribution in [0, 0.1) is 5.92 Å². The number of nitrogens with zero attached hydrogens (tertiary/aromatic N) is 2. The lowest BCUT2D eigenvalue weighted by molar-refractivity contribution is -0.143. The van der Waals surface area contributed by atoms with Gasteiger partial charge in [0, 0.05) is 18.7 Å². The van der Waals surface area contributed by atoms with E-state index in [1.807, 2.05) is 30.3 Å². The summed E-state index contributed by atoms with van der Waals surface area (Å²) in [7, 11) is 0. The fourth-order valence-electron chi connectivity index (χ4n) is 2.61. The zero-order chi connectivity index (χ0) is 15.5. The van der Waals surface area contributed by atoms with Crippen molar-refractivity contribution in [2.45, 2.75) is 12.8 Å². The zero-order valence-electron chi connectivity index (χ0n) is 11.9. The minimum Gasteiger partial charge on any atom is -0.481 e. The van der Waals surface area contributed by atoms with Crippen molar-refractivity contribution in [3.05, 3.63) is 42.3 Å². The summed E-state index contributed by atoms with van der Waals surface area (Å²) in [6, 6.07) is 9.31. The first-order chi connectivity index (χ1) is 10.6. The molecule has 1 aliphatic heterocycles. The molecule has 6 heteroatoms. The van der Waals surface area contributed by atoms with Crippen LogP contribution in [0.15, 0.2) is 41.0 Å². The van der Waals surface area contributed by atoms with Crippen molar-refractivity contribution in [3.63, 3.8) is 0 Å². The van der Waals surface area contributed by atoms with Crippen LogP contribution in [0.3, 0.4) is 0 Å². The summed E-state index contributed by atoms with van der Waals surface area (Å²) in [6.45, 7) is 0.776. The highest BCUT2D eigenvalue weighted by Gasteiger charge is 2.29. The van der Waals surface area contributed by atoms with Crippen LogP contribution in [-0.4, -0.2) is 40.0 Å². The summed E-state index contributed by atoms with van der Waals surface area (Å²) in [4.78, 5) is 29.3. The number of rotatable bonds is 3. The molecule has 2 aromatic rings. The van der Waals surface area contributed by atoms with E-state index in [2.05, 4.69) is 4.98 Å². The van der Waals surface area contributed by atoms with Crippen LogP contribution < -0.4 is 0 Å². The van der Waals surface area contributed by atoms with Crippen molar-refractivity contribution in [3.8, 4) is 11.5 Å². The molecule has 22 heavy (non-hydrogen) atoms. The van der Waals surface area contributed by atoms with Gasteiger partial charge in [-0.2, -0.15) is 0 Å². The van der Waals surface area contributed by atoms with E-state index in [1.165, 1.54) is 11.2 Å². The third-order valence-corrected chi connectivity index (χ3v) is 3.80. The third-order valence-electron chi connectivity index (χ3n) is 3.80. The van der Waals surface area contributed by atoms with Gasteiger partial charge in [0.1, 0.15) is 6.26 Å². The maximum absolute atomic E-state index is 12.4. The molecule has 1 saturated heterocycles. The van der Waals surface area contributed by atoms with E-state index in [0.717, 1.165) is 5.56 Å². The fraction of sp³-hybridized carbons (Fsp3) is 0.312. The molecule has 0 bridgehead atoms. The van der Waals surface area contributed by atoms with Crippen molar-refractivity contribution in [1.82, 2.24) is 9.88 Å². The van der Waals surface area contributed by atoms with Gasteiger partial charge >= 0.3 is 5.97 Å². The Balaban J connectivity index is 1.76. The standard InChI is InChI=1S/C16H16N2O4/c19-15(18-8-4-7-12(9-18)16(20)21)13-10-22-14(17-13)11-5-2-1-3-6-11/h1-3,5-6,10,12H,4,7-9H2,(H,20,21)/t12-/m1/s1. The van der Waals surface area contributed by atoms with Gasteiger partial charge in [0.2, 0.25) is 5.89 Å². The molecule has 0 radical (unpaired) electrons. The number of likely N-dealkylation sites (tertiary alicyclic amines) is 1. The van der Waals surface area contributed by atoms with Crippen molar-refractivity contribution < 1.29 is 19.1 Å². The summed E-state index contributed by atoms with van der Waals surface area (Å²) in [5, 5.41) is 9.09. The van der Waals surface area contributed by atoms with Crippen LogP contribution in [0.25, 0.3) is 11.5 Å². The molecule has 1 N–H and O–H groups in total. The molecule has 0 saturated carbocycles. The summed E-state index contributed by atoms with van der Waals surface area (Å²) in [6.07, 6.45) is 2.62. The van der Waals surface area contributed by atoms with Gasteiger partial charge in [-0.15, -0.1) is 0 Å². The predicted molar refractivity (Wildman–Crippen MR) is 78.2 cm³/mol.